The fraction of sp³-hybridized carbons (Fsp3) is 0.600. The van der Waals surface area contributed by atoms with E-state index >= 15 is 0 Å². The fourth-order valence-electron chi connectivity index (χ4n) is 1.94. The Morgan fingerprint density at radius 2 is 1.75 bits per heavy atom. The van der Waals surface area contributed by atoms with Crippen molar-refractivity contribution in [2.75, 3.05) is 6.54 Å². The molecule has 0 amide bonds. The van der Waals surface area contributed by atoms with Crippen LogP contribution in [0.15, 0.2) is 30.3 Å². The largest absolute Gasteiger partial charge is 0.315 e. The molecule has 1 rings (SSSR count). The molecule has 0 saturated heterocycles. The van der Waals surface area contributed by atoms with Crippen LogP contribution >= 0.6 is 0 Å². The van der Waals surface area contributed by atoms with E-state index in [-0.39, 0.29) is 0 Å². The first-order valence-electron chi connectivity index (χ1n) is 6.27. The van der Waals surface area contributed by atoms with Crippen molar-refractivity contribution >= 4 is 0 Å². The molecule has 0 radical (unpaired) electrons. The molecule has 1 heteroatoms. The lowest BCUT2D eigenvalue weighted by Gasteiger charge is -2.25. The van der Waals surface area contributed by atoms with E-state index in [9.17, 15) is 0 Å². The molecule has 1 nitrogen and oxygen atoms in total. The SMILES string of the molecule is CC(C)NCCC(C)(C)Cc1ccccc1. The van der Waals surface area contributed by atoms with Crippen molar-refractivity contribution < 1.29 is 0 Å². The van der Waals surface area contributed by atoms with Crippen LogP contribution in [0.5, 0.6) is 0 Å². The van der Waals surface area contributed by atoms with Gasteiger partial charge >= 0.3 is 0 Å². The summed E-state index contributed by atoms with van der Waals surface area (Å²) in [6, 6.07) is 11.4. The molecule has 0 aromatic heterocycles. The highest BCUT2D eigenvalue weighted by Gasteiger charge is 2.17. The summed E-state index contributed by atoms with van der Waals surface area (Å²) in [7, 11) is 0. The van der Waals surface area contributed by atoms with Crippen LogP contribution in [0.2, 0.25) is 0 Å². The number of hydrogen-bond acceptors (Lipinski definition) is 1. The minimum absolute atomic E-state index is 0.378. The Kier molecular flexibility index (Phi) is 5.01. The molecule has 90 valence electrons. The first-order chi connectivity index (χ1) is 7.49. The molecular formula is C15H25N. The molecular weight excluding hydrogens is 194 g/mol. The molecule has 16 heavy (non-hydrogen) atoms. The van der Waals surface area contributed by atoms with E-state index in [1.165, 1.54) is 12.0 Å². The Labute approximate surface area is 100 Å². The Morgan fingerprint density at radius 1 is 1.12 bits per heavy atom. The van der Waals surface area contributed by atoms with Crippen molar-refractivity contribution in [2.24, 2.45) is 5.41 Å². The minimum Gasteiger partial charge on any atom is -0.315 e. The summed E-state index contributed by atoms with van der Waals surface area (Å²) in [5.74, 6) is 0. The van der Waals surface area contributed by atoms with Crippen LogP contribution in [0.3, 0.4) is 0 Å². The van der Waals surface area contributed by atoms with Gasteiger partial charge in [0.05, 0.1) is 0 Å². The van der Waals surface area contributed by atoms with E-state index in [1.807, 2.05) is 0 Å². The van der Waals surface area contributed by atoms with Gasteiger partial charge in [-0.15, -0.1) is 0 Å². The highest BCUT2D eigenvalue weighted by molar-refractivity contribution is 5.16. The summed E-state index contributed by atoms with van der Waals surface area (Å²) in [5, 5.41) is 3.49. The number of rotatable bonds is 6. The van der Waals surface area contributed by atoms with Crippen molar-refractivity contribution in [3.05, 3.63) is 35.9 Å². The van der Waals surface area contributed by atoms with E-state index in [2.05, 4.69) is 63.3 Å². The Bertz CT molecular complexity index is 288. The van der Waals surface area contributed by atoms with Crippen LogP contribution in [-0.2, 0) is 6.42 Å². The summed E-state index contributed by atoms with van der Waals surface area (Å²) in [5.41, 5.74) is 1.82. The van der Waals surface area contributed by atoms with Gasteiger partial charge in [-0.25, -0.2) is 0 Å². The average molecular weight is 219 g/mol. The van der Waals surface area contributed by atoms with Gasteiger partial charge in [0.1, 0.15) is 0 Å². The summed E-state index contributed by atoms with van der Waals surface area (Å²) in [6.45, 7) is 10.2. The van der Waals surface area contributed by atoms with Crippen LogP contribution in [0, 0.1) is 5.41 Å². The first-order valence-corrected chi connectivity index (χ1v) is 6.27. The molecule has 0 aliphatic rings. The molecule has 0 spiro atoms. The normalized spacial score (nSPS) is 12.1. The first kappa shape index (κ1) is 13.2. The third kappa shape index (κ3) is 5.32. The van der Waals surface area contributed by atoms with Gasteiger partial charge in [0.2, 0.25) is 0 Å². The molecule has 1 aromatic carbocycles. The van der Waals surface area contributed by atoms with Crippen LogP contribution < -0.4 is 5.32 Å². The third-order valence-corrected chi connectivity index (χ3v) is 2.88. The predicted octanol–water partition coefficient (Wildman–Crippen LogP) is 3.64. The second-order valence-electron chi connectivity index (χ2n) is 5.69. The van der Waals surface area contributed by atoms with Gasteiger partial charge in [0, 0.05) is 6.04 Å². The van der Waals surface area contributed by atoms with Gasteiger partial charge in [-0.3, -0.25) is 0 Å². The maximum absolute atomic E-state index is 3.49. The van der Waals surface area contributed by atoms with E-state index in [4.69, 9.17) is 0 Å². The molecule has 0 unspecified atom stereocenters. The lowest BCUT2D eigenvalue weighted by Crippen LogP contribution is -2.28. The summed E-state index contributed by atoms with van der Waals surface area (Å²) < 4.78 is 0. The van der Waals surface area contributed by atoms with Crippen molar-refractivity contribution in [3.8, 4) is 0 Å². The number of nitrogens with one attached hydrogen (secondary N) is 1. The smallest absolute Gasteiger partial charge is 0.00103 e. The average Bonchev–Trinajstić information content (AvgIpc) is 2.17. The maximum atomic E-state index is 3.49. The summed E-state index contributed by atoms with van der Waals surface area (Å²) in [4.78, 5) is 0. The zero-order valence-corrected chi connectivity index (χ0v) is 11.1. The molecule has 1 N–H and O–H groups in total. The highest BCUT2D eigenvalue weighted by Crippen LogP contribution is 2.25. The van der Waals surface area contributed by atoms with Gasteiger partial charge in [-0.2, -0.15) is 0 Å². The molecule has 0 aliphatic heterocycles. The van der Waals surface area contributed by atoms with E-state index in [1.54, 1.807) is 0 Å². The second kappa shape index (κ2) is 6.05. The van der Waals surface area contributed by atoms with Crippen LogP contribution in [0.1, 0.15) is 39.7 Å². The molecule has 0 fully saturated rings. The lowest BCUT2D eigenvalue weighted by molar-refractivity contribution is 0.320. The Hall–Kier alpha value is -0.820. The van der Waals surface area contributed by atoms with Crippen LogP contribution in [-0.4, -0.2) is 12.6 Å². The van der Waals surface area contributed by atoms with E-state index < -0.39 is 0 Å². The van der Waals surface area contributed by atoms with Crippen LogP contribution in [0.4, 0.5) is 0 Å². The quantitative estimate of drug-likeness (QED) is 0.770. The van der Waals surface area contributed by atoms with Gasteiger partial charge in [0.25, 0.3) is 0 Å². The monoisotopic (exact) mass is 219 g/mol. The summed E-state index contributed by atoms with van der Waals surface area (Å²) in [6.07, 6.45) is 2.38. The maximum Gasteiger partial charge on any atom is 0.00103 e. The topological polar surface area (TPSA) is 12.0 Å². The Morgan fingerprint density at radius 3 is 2.31 bits per heavy atom. The zero-order chi connectivity index (χ0) is 12.0. The third-order valence-electron chi connectivity index (χ3n) is 2.88. The van der Waals surface area contributed by atoms with Gasteiger partial charge in [0.15, 0.2) is 0 Å². The van der Waals surface area contributed by atoms with Crippen molar-refractivity contribution in [1.29, 1.82) is 0 Å². The fourth-order valence-corrected chi connectivity index (χ4v) is 1.94. The Balaban J connectivity index is 2.39. The van der Waals surface area contributed by atoms with E-state index in [0.717, 1.165) is 13.0 Å². The molecule has 0 aliphatic carbocycles. The van der Waals surface area contributed by atoms with Crippen molar-refractivity contribution in [2.45, 2.75) is 46.6 Å². The molecule has 0 saturated carbocycles. The van der Waals surface area contributed by atoms with Crippen molar-refractivity contribution in [3.63, 3.8) is 0 Å². The lowest BCUT2D eigenvalue weighted by atomic mass is 9.82. The molecule has 1 aromatic rings. The van der Waals surface area contributed by atoms with Crippen LogP contribution in [0.25, 0.3) is 0 Å². The minimum atomic E-state index is 0.378. The second-order valence-corrected chi connectivity index (χ2v) is 5.69. The standard InChI is InChI=1S/C15H25N/c1-13(2)16-11-10-15(3,4)12-14-8-6-5-7-9-14/h5-9,13,16H,10-12H2,1-4H3. The van der Waals surface area contributed by atoms with Gasteiger partial charge in [-0.1, -0.05) is 58.0 Å². The molecule has 0 bridgehead atoms. The number of benzene rings is 1. The number of hydrogen-bond donors (Lipinski definition) is 1. The molecule has 0 heterocycles. The van der Waals surface area contributed by atoms with Crippen molar-refractivity contribution in [1.82, 2.24) is 5.32 Å². The molecule has 0 atom stereocenters. The zero-order valence-electron chi connectivity index (χ0n) is 11.1. The predicted molar refractivity (Wildman–Crippen MR) is 71.7 cm³/mol. The highest BCUT2D eigenvalue weighted by atomic mass is 14.9. The summed E-state index contributed by atoms with van der Waals surface area (Å²) >= 11 is 0. The van der Waals surface area contributed by atoms with Gasteiger partial charge < -0.3 is 5.32 Å². The van der Waals surface area contributed by atoms with E-state index in [0.29, 0.717) is 11.5 Å². The van der Waals surface area contributed by atoms with Gasteiger partial charge in [-0.05, 0) is 30.4 Å².